The Balaban J connectivity index is 2.00. The van der Waals surface area contributed by atoms with Crippen LogP contribution in [-0.4, -0.2) is 25.0 Å². The number of rotatable bonds is 17. The number of benzene rings is 1. The second kappa shape index (κ2) is 16.8. The van der Waals surface area contributed by atoms with Crippen molar-refractivity contribution < 1.29 is 19.1 Å². The molecule has 0 fully saturated rings. The Bertz CT molecular complexity index is 589. The van der Waals surface area contributed by atoms with Gasteiger partial charge in [-0.2, -0.15) is 0 Å². The number of ketones is 1. The zero-order valence-electron chi connectivity index (χ0n) is 18.3. The maximum absolute atomic E-state index is 11.4. The Morgan fingerprint density at radius 3 is 2.07 bits per heavy atom. The van der Waals surface area contributed by atoms with Crippen LogP contribution >= 0.6 is 0 Å². The Hall–Kier alpha value is -2.10. The van der Waals surface area contributed by atoms with Crippen LogP contribution in [0.1, 0.15) is 90.0 Å². The van der Waals surface area contributed by atoms with Gasteiger partial charge in [0.15, 0.2) is 0 Å². The molecule has 0 heterocycles. The van der Waals surface area contributed by atoms with Gasteiger partial charge < -0.3 is 9.47 Å². The molecule has 1 aromatic rings. The Kier molecular flexibility index (Phi) is 14.5. The van der Waals surface area contributed by atoms with E-state index in [4.69, 9.17) is 9.47 Å². The Morgan fingerprint density at radius 2 is 1.45 bits per heavy atom. The van der Waals surface area contributed by atoms with Crippen LogP contribution in [0.3, 0.4) is 0 Å². The van der Waals surface area contributed by atoms with E-state index >= 15 is 0 Å². The summed E-state index contributed by atoms with van der Waals surface area (Å²) in [5, 5.41) is 0. The predicted molar refractivity (Wildman–Crippen MR) is 119 cm³/mol. The normalized spacial score (nSPS) is 11.0. The molecule has 4 nitrogen and oxygen atoms in total. The van der Waals surface area contributed by atoms with Crippen LogP contribution < -0.4 is 4.74 Å². The highest BCUT2D eigenvalue weighted by molar-refractivity contribution is 5.87. The van der Waals surface area contributed by atoms with E-state index in [1.165, 1.54) is 44.6 Å². The standard InChI is InChI=1S/C25H38O4/c1-3-13-23(26)14-11-9-7-5-6-8-10-12-21-29-24-18-15-22(16-19-24)17-20-25(27)28-4-2/h15-20H,3-14,21H2,1-2H3/b20-17+. The molecule has 0 radical (unpaired) electrons. The van der Waals surface area contributed by atoms with Crippen molar-refractivity contribution in [3.63, 3.8) is 0 Å². The van der Waals surface area contributed by atoms with Crippen molar-refractivity contribution in [1.82, 2.24) is 0 Å². The summed E-state index contributed by atoms with van der Waals surface area (Å²) in [5.74, 6) is 0.959. The molecule has 0 aliphatic heterocycles. The van der Waals surface area contributed by atoms with Crippen LogP contribution in [0.4, 0.5) is 0 Å². The number of Topliss-reactive ketones (excluding diaryl/α,β-unsaturated/α-hetero) is 1. The molecular formula is C25H38O4. The molecule has 0 spiro atoms. The summed E-state index contributed by atoms with van der Waals surface area (Å²) in [5.41, 5.74) is 0.945. The quantitative estimate of drug-likeness (QED) is 0.169. The largest absolute Gasteiger partial charge is 0.494 e. The lowest BCUT2D eigenvalue weighted by Gasteiger charge is -2.06. The first-order valence-electron chi connectivity index (χ1n) is 11.2. The van der Waals surface area contributed by atoms with Crippen LogP contribution in [-0.2, 0) is 14.3 Å². The van der Waals surface area contributed by atoms with Crippen LogP contribution in [0.2, 0.25) is 0 Å². The first kappa shape index (κ1) is 24.9. The van der Waals surface area contributed by atoms with Gasteiger partial charge in [0, 0.05) is 18.9 Å². The molecule has 4 heteroatoms. The van der Waals surface area contributed by atoms with Crippen molar-refractivity contribution in [3.8, 4) is 5.75 Å². The summed E-state index contributed by atoms with van der Waals surface area (Å²) in [6.07, 6.45) is 15.2. The van der Waals surface area contributed by atoms with Gasteiger partial charge in [-0.05, 0) is 50.0 Å². The van der Waals surface area contributed by atoms with Gasteiger partial charge in [-0.25, -0.2) is 4.79 Å². The van der Waals surface area contributed by atoms with E-state index in [1.54, 1.807) is 13.0 Å². The topological polar surface area (TPSA) is 52.6 Å². The lowest BCUT2D eigenvalue weighted by atomic mass is 10.0. The number of carbonyl (C=O) groups is 2. The van der Waals surface area contributed by atoms with Gasteiger partial charge in [0.2, 0.25) is 0 Å². The third-order valence-electron chi connectivity index (χ3n) is 4.73. The van der Waals surface area contributed by atoms with Crippen molar-refractivity contribution in [3.05, 3.63) is 35.9 Å². The minimum atomic E-state index is -0.324. The van der Waals surface area contributed by atoms with E-state index in [9.17, 15) is 9.59 Å². The van der Waals surface area contributed by atoms with Gasteiger partial charge >= 0.3 is 5.97 Å². The molecule has 162 valence electrons. The van der Waals surface area contributed by atoms with Crippen LogP contribution in [0, 0.1) is 0 Å². The highest BCUT2D eigenvalue weighted by Gasteiger charge is 2.00. The second-order valence-electron chi connectivity index (χ2n) is 7.37. The molecule has 0 amide bonds. The molecular weight excluding hydrogens is 364 g/mol. The molecule has 1 rings (SSSR count). The minimum absolute atomic E-state index is 0.324. The monoisotopic (exact) mass is 402 g/mol. The molecule has 0 saturated heterocycles. The third-order valence-corrected chi connectivity index (χ3v) is 4.73. The summed E-state index contributed by atoms with van der Waals surface area (Å²) < 4.78 is 10.6. The summed E-state index contributed by atoms with van der Waals surface area (Å²) in [6.45, 7) is 4.97. The Labute approximate surface area is 176 Å². The molecule has 0 aliphatic rings. The number of hydrogen-bond acceptors (Lipinski definition) is 4. The highest BCUT2D eigenvalue weighted by atomic mass is 16.5. The molecule has 0 bridgehead atoms. The lowest BCUT2D eigenvalue weighted by Crippen LogP contribution is -1.98. The molecule has 0 N–H and O–H groups in total. The van der Waals surface area contributed by atoms with Gasteiger partial charge in [-0.3, -0.25) is 4.79 Å². The zero-order chi connectivity index (χ0) is 21.2. The fraction of sp³-hybridized carbons (Fsp3) is 0.600. The fourth-order valence-electron chi connectivity index (χ4n) is 3.11. The summed E-state index contributed by atoms with van der Waals surface area (Å²) in [6, 6.07) is 7.72. The van der Waals surface area contributed by atoms with Crippen molar-refractivity contribution in [2.45, 2.75) is 84.5 Å². The van der Waals surface area contributed by atoms with Gasteiger partial charge in [0.25, 0.3) is 0 Å². The van der Waals surface area contributed by atoms with Crippen molar-refractivity contribution in [2.24, 2.45) is 0 Å². The number of ether oxygens (including phenoxy) is 2. The average molecular weight is 403 g/mol. The predicted octanol–water partition coefficient (Wildman–Crippen LogP) is 6.52. The molecule has 0 unspecified atom stereocenters. The van der Waals surface area contributed by atoms with E-state index in [0.29, 0.717) is 12.4 Å². The molecule has 29 heavy (non-hydrogen) atoms. The van der Waals surface area contributed by atoms with Crippen LogP contribution in [0.5, 0.6) is 5.75 Å². The Morgan fingerprint density at radius 1 is 0.828 bits per heavy atom. The number of unbranched alkanes of at least 4 members (excludes halogenated alkanes) is 7. The molecule has 0 atom stereocenters. The van der Waals surface area contributed by atoms with Crippen molar-refractivity contribution >= 4 is 17.8 Å². The van der Waals surface area contributed by atoms with E-state index < -0.39 is 0 Å². The molecule has 1 aromatic carbocycles. The van der Waals surface area contributed by atoms with E-state index in [0.717, 1.165) is 50.0 Å². The fourth-order valence-corrected chi connectivity index (χ4v) is 3.11. The van der Waals surface area contributed by atoms with E-state index in [1.807, 2.05) is 24.3 Å². The molecule has 0 saturated carbocycles. The maximum Gasteiger partial charge on any atom is 0.330 e. The molecule has 0 aromatic heterocycles. The number of hydrogen-bond donors (Lipinski definition) is 0. The van der Waals surface area contributed by atoms with Gasteiger partial charge in [0.1, 0.15) is 11.5 Å². The minimum Gasteiger partial charge on any atom is -0.494 e. The van der Waals surface area contributed by atoms with Crippen molar-refractivity contribution in [2.75, 3.05) is 13.2 Å². The first-order chi connectivity index (χ1) is 14.2. The highest BCUT2D eigenvalue weighted by Crippen LogP contribution is 2.15. The van der Waals surface area contributed by atoms with E-state index in [2.05, 4.69) is 6.92 Å². The summed E-state index contributed by atoms with van der Waals surface area (Å²) >= 11 is 0. The second-order valence-corrected chi connectivity index (χ2v) is 7.37. The van der Waals surface area contributed by atoms with Crippen molar-refractivity contribution in [1.29, 1.82) is 0 Å². The maximum atomic E-state index is 11.4. The first-order valence-corrected chi connectivity index (χ1v) is 11.2. The van der Waals surface area contributed by atoms with Crippen LogP contribution in [0.15, 0.2) is 30.3 Å². The van der Waals surface area contributed by atoms with Gasteiger partial charge in [-0.1, -0.05) is 57.6 Å². The summed E-state index contributed by atoms with van der Waals surface area (Å²) in [7, 11) is 0. The van der Waals surface area contributed by atoms with E-state index in [-0.39, 0.29) is 5.97 Å². The average Bonchev–Trinajstić information content (AvgIpc) is 2.72. The SMILES string of the molecule is CCCC(=O)CCCCCCCCCCOc1ccc(/C=C/C(=O)OCC)cc1. The summed E-state index contributed by atoms with van der Waals surface area (Å²) in [4.78, 5) is 22.7. The van der Waals surface area contributed by atoms with Gasteiger partial charge in [0.05, 0.1) is 13.2 Å². The zero-order valence-corrected chi connectivity index (χ0v) is 18.3. The number of esters is 1. The van der Waals surface area contributed by atoms with Gasteiger partial charge in [-0.15, -0.1) is 0 Å². The van der Waals surface area contributed by atoms with Crippen LogP contribution in [0.25, 0.3) is 6.08 Å². The smallest absolute Gasteiger partial charge is 0.330 e. The lowest BCUT2D eigenvalue weighted by molar-refractivity contribution is -0.137. The third kappa shape index (κ3) is 13.7. The molecule has 0 aliphatic carbocycles. The number of carbonyl (C=O) groups excluding carboxylic acids is 2.